The van der Waals surface area contributed by atoms with Gasteiger partial charge < -0.3 is 15.5 Å². The number of carbonyl (C=O) groups excluding carboxylic acids is 2. The molecule has 0 bridgehead atoms. The first kappa shape index (κ1) is 28.7. The largest absolute Gasteiger partial charge is 0.418 e. The topological polar surface area (TPSA) is 79.3 Å². The number of nitrogens with one attached hydrogen (secondary N) is 2. The number of benzene rings is 2. The Morgan fingerprint density at radius 3 is 2.21 bits per heavy atom. The first-order valence-corrected chi connectivity index (χ1v) is 12.3. The first-order chi connectivity index (χ1) is 17.6. The number of nitrogens with zero attached hydrogens (tertiary/aromatic N) is 3. The highest BCUT2D eigenvalue weighted by Crippen LogP contribution is 2.34. The van der Waals surface area contributed by atoms with E-state index in [1.807, 2.05) is 65.8 Å². The Bertz CT molecular complexity index is 1270. The van der Waals surface area contributed by atoms with Crippen molar-refractivity contribution in [1.29, 1.82) is 0 Å². The predicted octanol–water partition coefficient (Wildman–Crippen LogP) is 6.63. The van der Waals surface area contributed by atoms with Gasteiger partial charge in [-0.05, 0) is 37.1 Å². The fourth-order valence-electron chi connectivity index (χ4n) is 3.77. The van der Waals surface area contributed by atoms with Gasteiger partial charge in [0.05, 0.1) is 22.6 Å². The molecule has 1 heterocycles. The van der Waals surface area contributed by atoms with E-state index in [2.05, 4.69) is 15.7 Å². The van der Waals surface area contributed by atoms with E-state index in [1.165, 1.54) is 23.1 Å². The SMILES string of the molecule is Cc1ccc(-n2nc(C(C)(C)C)cc2NC(=O)CN(CC(C)C)C(=O)Nc2ccccc2C(F)(F)F)cc1. The number of aryl methyl sites for hydroxylation is 1. The third-order valence-corrected chi connectivity index (χ3v) is 5.71. The Balaban J connectivity index is 1.84. The first-order valence-electron chi connectivity index (χ1n) is 12.3. The van der Waals surface area contributed by atoms with Crippen molar-refractivity contribution in [1.82, 2.24) is 14.7 Å². The molecular weight excluding hydrogens is 495 g/mol. The maximum atomic E-state index is 13.4. The summed E-state index contributed by atoms with van der Waals surface area (Å²) in [5.74, 6) is -0.105. The fraction of sp³-hybridized carbons (Fsp3) is 0.393. The molecule has 3 aromatic rings. The van der Waals surface area contributed by atoms with Gasteiger partial charge in [0, 0.05) is 18.0 Å². The van der Waals surface area contributed by atoms with Gasteiger partial charge in [-0.25, -0.2) is 9.48 Å². The number of amides is 3. The number of aromatic nitrogens is 2. The minimum absolute atomic E-state index is 0.0306. The lowest BCUT2D eigenvalue weighted by molar-refractivity contribution is -0.137. The molecule has 0 unspecified atom stereocenters. The van der Waals surface area contributed by atoms with Gasteiger partial charge in [0.15, 0.2) is 0 Å². The van der Waals surface area contributed by atoms with Crippen LogP contribution in [0.2, 0.25) is 0 Å². The fourth-order valence-corrected chi connectivity index (χ4v) is 3.77. The zero-order valence-corrected chi connectivity index (χ0v) is 22.5. The van der Waals surface area contributed by atoms with Gasteiger partial charge in [0.1, 0.15) is 12.4 Å². The second-order valence-corrected chi connectivity index (χ2v) is 10.7. The van der Waals surface area contributed by atoms with Crippen molar-refractivity contribution in [3.8, 4) is 5.69 Å². The summed E-state index contributed by atoms with van der Waals surface area (Å²) in [6, 6.07) is 13.4. The Labute approximate surface area is 221 Å². The standard InChI is InChI=1S/C28H34F3N5O2/c1-18(2)16-35(26(38)32-22-10-8-7-9-21(22)28(29,30)31)17-25(37)33-24-15-23(27(4,5)6)34-36(24)20-13-11-19(3)12-14-20/h7-15,18H,16-17H2,1-6H3,(H,32,38)(H,33,37). The molecule has 0 fully saturated rings. The highest BCUT2D eigenvalue weighted by Gasteiger charge is 2.34. The summed E-state index contributed by atoms with van der Waals surface area (Å²) < 4.78 is 41.9. The molecular formula is C28H34F3N5O2. The highest BCUT2D eigenvalue weighted by molar-refractivity contribution is 5.97. The molecule has 1 aromatic heterocycles. The van der Waals surface area contributed by atoms with E-state index >= 15 is 0 Å². The van der Waals surface area contributed by atoms with Crippen molar-refractivity contribution in [2.45, 2.75) is 53.1 Å². The van der Waals surface area contributed by atoms with Crippen molar-refractivity contribution in [2.75, 3.05) is 23.7 Å². The van der Waals surface area contributed by atoms with E-state index < -0.39 is 23.7 Å². The van der Waals surface area contributed by atoms with Crippen LogP contribution >= 0.6 is 0 Å². The summed E-state index contributed by atoms with van der Waals surface area (Å²) in [5, 5.41) is 9.85. The second kappa shape index (κ2) is 11.3. The van der Waals surface area contributed by atoms with Gasteiger partial charge >= 0.3 is 12.2 Å². The molecule has 2 aromatic carbocycles. The van der Waals surface area contributed by atoms with Crippen LogP contribution in [-0.4, -0.2) is 39.7 Å². The lowest BCUT2D eigenvalue weighted by Crippen LogP contribution is -2.43. The molecule has 0 aliphatic heterocycles. The molecule has 0 aliphatic carbocycles. The van der Waals surface area contributed by atoms with Crippen molar-refractivity contribution in [3.63, 3.8) is 0 Å². The smallest absolute Gasteiger partial charge is 0.315 e. The minimum atomic E-state index is -4.64. The summed E-state index contributed by atoms with van der Waals surface area (Å²) in [6.45, 7) is 11.5. The molecule has 204 valence electrons. The van der Waals surface area contributed by atoms with E-state index in [0.29, 0.717) is 5.82 Å². The van der Waals surface area contributed by atoms with Crippen molar-refractivity contribution in [2.24, 2.45) is 5.92 Å². The number of hydrogen-bond donors (Lipinski definition) is 2. The molecule has 0 atom stereocenters. The summed E-state index contributed by atoms with van der Waals surface area (Å²) in [7, 11) is 0. The van der Waals surface area contributed by atoms with E-state index in [4.69, 9.17) is 0 Å². The van der Waals surface area contributed by atoms with E-state index in [1.54, 1.807) is 10.7 Å². The third-order valence-electron chi connectivity index (χ3n) is 5.71. The maximum Gasteiger partial charge on any atom is 0.418 e. The van der Waals surface area contributed by atoms with Crippen LogP contribution in [0, 0.1) is 12.8 Å². The number of halogens is 3. The number of urea groups is 1. The van der Waals surface area contributed by atoms with Gasteiger partial charge in [-0.3, -0.25) is 4.79 Å². The summed E-state index contributed by atoms with van der Waals surface area (Å²) in [4.78, 5) is 27.4. The van der Waals surface area contributed by atoms with Gasteiger partial charge in [0.2, 0.25) is 5.91 Å². The number of rotatable bonds is 7. The second-order valence-electron chi connectivity index (χ2n) is 10.7. The van der Waals surface area contributed by atoms with Gasteiger partial charge in [-0.2, -0.15) is 18.3 Å². The molecule has 3 amide bonds. The molecule has 2 N–H and O–H groups in total. The lowest BCUT2D eigenvalue weighted by atomic mass is 9.92. The molecule has 0 saturated heterocycles. The summed E-state index contributed by atoms with van der Waals surface area (Å²) >= 11 is 0. The van der Waals surface area contributed by atoms with Crippen molar-refractivity contribution < 1.29 is 22.8 Å². The highest BCUT2D eigenvalue weighted by atomic mass is 19.4. The van der Waals surface area contributed by atoms with E-state index in [-0.39, 0.29) is 30.1 Å². The molecule has 7 nitrogen and oxygen atoms in total. The molecule has 0 radical (unpaired) electrons. The zero-order valence-electron chi connectivity index (χ0n) is 22.5. The molecule has 0 saturated carbocycles. The van der Waals surface area contributed by atoms with Crippen molar-refractivity contribution >= 4 is 23.4 Å². The Hall–Kier alpha value is -3.82. The van der Waals surface area contributed by atoms with Gasteiger partial charge in [-0.15, -0.1) is 0 Å². The van der Waals surface area contributed by atoms with Crippen LogP contribution in [0.25, 0.3) is 5.69 Å². The van der Waals surface area contributed by atoms with Crippen molar-refractivity contribution in [3.05, 3.63) is 71.4 Å². The predicted molar refractivity (Wildman–Crippen MR) is 143 cm³/mol. The quantitative estimate of drug-likeness (QED) is 0.361. The Morgan fingerprint density at radius 2 is 1.63 bits per heavy atom. The average molecular weight is 530 g/mol. The third kappa shape index (κ3) is 7.36. The number of hydrogen-bond acceptors (Lipinski definition) is 3. The van der Waals surface area contributed by atoms with Crippen LogP contribution in [0.3, 0.4) is 0 Å². The van der Waals surface area contributed by atoms with Crippen LogP contribution < -0.4 is 10.6 Å². The van der Waals surface area contributed by atoms with Crippen LogP contribution in [0.4, 0.5) is 29.5 Å². The van der Waals surface area contributed by atoms with E-state index in [0.717, 1.165) is 23.0 Å². The minimum Gasteiger partial charge on any atom is -0.315 e. The van der Waals surface area contributed by atoms with Crippen LogP contribution in [-0.2, 0) is 16.4 Å². The zero-order chi connectivity index (χ0) is 28.3. The van der Waals surface area contributed by atoms with Gasteiger partial charge in [0.25, 0.3) is 0 Å². The maximum absolute atomic E-state index is 13.4. The lowest BCUT2D eigenvalue weighted by Gasteiger charge is -2.25. The summed E-state index contributed by atoms with van der Waals surface area (Å²) in [5.41, 5.74) is 0.969. The van der Waals surface area contributed by atoms with Crippen LogP contribution in [0.1, 0.15) is 51.4 Å². The van der Waals surface area contributed by atoms with Crippen LogP contribution in [0.5, 0.6) is 0 Å². The number of anilines is 2. The normalized spacial score (nSPS) is 11.9. The molecule has 3 rings (SSSR count). The molecule has 38 heavy (non-hydrogen) atoms. The molecule has 0 aliphatic rings. The molecule has 0 spiro atoms. The number of carbonyl (C=O) groups is 2. The Morgan fingerprint density at radius 1 is 1.00 bits per heavy atom. The van der Waals surface area contributed by atoms with E-state index in [9.17, 15) is 22.8 Å². The monoisotopic (exact) mass is 529 g/mol. The van der Waals surface area contributed by atoms with Crippen LogP contribution in [0.15, 0.2) is 54.6 Å². The molecule has 10 heteroatoms. The number of alkyl halides is 3. The summed E-state index contributed by atoms with van der Waals surface area (Å²) in [6.07, 6.45) is -4.64. The van der Waals surface area contributed by atoms with Gasteiger partial charge in [-0.1, -0.05) is 64.4 Å². The Kier molecular flexibility index (Phi) is 8.54. The number of para-hydroxylation sites is 1. The average Bonchev–Trinajstić information content (AvgIpc) is 3.22.